The third-order valence-corrected chi connectivity index (χ3v) is 5.36. The number of aryl methyl sites for hydroxylation is 1. The maximum atomic E-state index is 12.1. The first-order valence-electron chi connectivity index (χ1n) is 8.53. The maximum absolute atomic E-state index is 12.1. The quantitative estimate of drug-likeness (QED) is 0.802. The lowest BCUT2D eigenvalue weighted by atomic mass is 9.85. The molecular weight excluding hydrogens is 326 g/mol. The van der Waals surface area contributed by atoms with Gasteiger partial charge in [0, 0.05) is 31.4 Å². The average molecular weight is 349 g/mol. The Morgan fingerprint density at radius 3 is 3.08 bits per heavy atom. The van der Waals surface area contributed by atoms with Crippen molar-refractivity contribution in [1.82, 2.24) is 15.5 Å². The predicted molar refractivity (Wildman–Crippen MR) is 91.5 cm³/mol. The number of aliphatic hydroxyl groups excluding tert-OH is 1. The fourth-order valence-electron chi connectivity index (χ4n) is 3.16. The summed E-state index contributed by atoms with van der Waals surface area (Å²) in [5, 5.41) is 18.4. The van der Waals surface area contributed by atoms with E-state index >= 15 is 0 Å². The van der Waals surface area contributed by atoms with Crippen molar-refractivity contribution >= 4 is 17.2 Å². The number of nitrogens with one attached hydrogen (secondary N) is 1. The van der Waals surface area contributed by atoms with Crippen LogP contribution in [0.3, 0.4) is 0 Å². The van der Waals surface area contributed by atoms with Crippen molar-refractivity contribution in [3.8, 4) is 10.7 Å². The van der Waals surface area contributed by atoms with E-state index in [0.717, 1.165) is 30.6 Å². The van der Waals surface area contributed by atoms with Crippen LogP contribution < -0.4 is 5.32 Å². The molecule has 1 aliphatic carbocycles. The third-order valence-electron chi connectivity index (χ3n) is 4.49. The van der Waals surface area contributed by atoms with Crippen LogP contribution in [0.2, 0.25) is 0 Å². The molecule has 130 valence electrons. The number of hydrogen-bond acceptors (Lipinski definition) is 6. The first-order chi connectivity index (χ1) is 11.8. The Hall–Kier alpha value is -1.73. The highest BCUT2D eigenvalue weighted by Crippen LogP contribution is 2.24. The summed E-state index contributed by atoms with van der Waals surface area (Å²) in [6, 6.07) is 4.02. The summed E-state index contributed by atoms with van der Waals surface area (Å²) in [5.74, 6) is 1.42. The zero-order valence-electron chi connectivity index (χ0n) is 13.6. The minimum atomic E-state index is 0.0401. The van der Waals surface area contributed by atoms with Crippen molar-refractivity contribution in [3.63, 3.8) is 0 Å². The largest absolute Gasteiger partial charge is 0.396 e. The maximum Gasteiger partial charge on any atom is 0.226 e. The number of hydrogen-bond donors (Lipinski definition) is 2. The van der Waals surface area contributed by atoms with E-state index in [1.54, 1.807) is 11.3 Å². The van der Waals surface area contributed by atoms with E-state index < -0.39 is 0 Å². The molecule has 0 saturated heterocycles. The second kappa shape index (κ2) is 8.39. The monoisotopic (exact) mass is 349 g/mol. The van der Waals surface area contributed by atoms with E-state index in [9.17, 15) is 9.90 Å². The summed E-state index contributed by atoms with van der Waals surface area (Å²) in [7, 11) is 0. The lowest BCUT2D eigenvalue weighted by molar-refractivity contribution is -0.122. The molecule has 0 aromatic carbocycles. The van der Waals surface area contributed by atoms with E-state index in [4.69, 9.17) is 4.52 Å². The summed E-state index contributed by atoms with van der Waals surface area (Å²) in [6.45, 7) is 0.151. The molecule has 7 heteroatoms. The topological polar surface area (TPSA) is 88.2 Å². The molecule has 1 fully saturated rings. The smallest absolute Gasteiger partial charge is 0.226 e. The molecule has 2 atom stereocenters. The molecule has 1 amide bonds. The van der Waals surface area contributed by atoms with Crippen LogP contribution in [0.1, 0.15) is 44.4 Å². The first-order valence-corrected chi connectivity index (χ1v) is 9.41. The highest BCUT2D eigenvalue weighted by atomic mass is 32.1. The minimum Gasteiger partial charge on any atom is -0.396 e. The van der Waals surface area contributed by atoms with Gasteiger partial charge in [0.15, 0.2) is 0 Å². The Morgan fingerprint density at radius 1 is 1.42 bits per heavy atom. The number of rotatable bonds is 7. The molecule has 1 aliphatic rings. The number of carbonyl (C=O) groups is 1. The summed E-state index contributed by atoms with van der Waals surface area (Å²) in [4.78, 5) is 17.4. The van der Waals surface area contributed by atoms with Crippen molar-refractivity contribution in [2.45, 2.75) is 51.0 Å². The van der Waals surface area contributed by atoms with Crippen LogP contribution in [0.25, 0.3) is 10.7 Å². The standard InChI is InChI=1S/C17H23N3O3S/c21-11-12-5-1-2-6-13(12)18-15(22)8-3-9-16-19-17(20-23-16)14-7-4-10-24-14/h4,7,10,12-13,21H,1-3,5-6,8-9,11H2,(H,18,22). The van der Waals surface area contributed by atoms with Crippen LogP contribution in [-0.4, -0.2) is 33.8 Å². The van der Waals surface area contributed by atoms with Gasteiger partial charge in [0.1, 0.15) is 0 Å². The Bertz CT molecular complexity index is 641. The van der Waals surface area contributed by atoms with E-state index in [-0.39, 0.29) is 24.5 Å². The van der Waals surface area contributed by atoms with Gasteiger partial charge in [-0.25, -0.2) is 0 Å². The number of carbonyl (C=O) groups excluding carboxylic acids is 1. The molecule has 3 rings (SSSR count). The number of aromatic nitrogens is 2. The second-order valence-corrected chi connectivity index (χ2v) is 7.19. The lowest BCUT2D eigenvalue weighted by Crippen LogP contribution is -2.43. The summed E-state index contributed by atoms with van der Waals surface area (Å²) < 4.78 is 5.24. The van der Waals surface area contributed by atoms with Crippen molar-refractivity contribution in [2.75, 3.05) is 6.61 Å². The minimum absolute atomic E-state index is 0.0401. The molecule has 0 aliphatic heterocycles. The van der Waals surface area contributed by atoms with Crippen molar-refractivity contribution in [1.29, 1.82) is 0 Å². The molecule has 2 N–H and O–H groups in total. The molecule has 2 aromatic heterocycles. The Morgan fingerprint density at radius 2 is 2.29 bits per heavy atom. The summed E-state index contributed by atoms with van der Waals surface area (Å²) in [5.41, 5.74) is 0. The van der Waals surface area contributed by atoms with Gasteiger partial charge in [-0.05, 0) is 30.7 Å². The van der Waals surface area contributed by atoms with Crippen LogP contribution in [0, 0.1) is 5.92 Å². The SMILES string of the molecule is O=C(CCCc1nc(-c2cccs2)no1)NC1CCCCC1CO. The molecule has 24 heavy (non-hydrogen) atoms. The van der Waals surface area contributed by atoms with Crippen LogP contribution in [0.4, 0.5) is 0 Å². The second-order valence-electron chi connectivity index (χ2n) is 6.24. The first kappa shape index (κ1) is 17.1. The van der Waals surface area contributed by atoms with Gasteiger partial charge < -0.3 is 14.9 Å². The van der Waals surface area contributed by atoms with Gasteiger partial charge >= 0.3 is 0 Å². The molecule has 0 radical (unpaired) electrons. The van der Waals surface area contributed by atoms with Crippen LogP contribution in [0.15, 0.2) is 22.0 Å². The zero-order valence-corrected chi connectivity index (χ0v) is 14.4. The highest BCUT2D eigenvalue weighted by molar-refractivity contribution is 7.13. The van der Waals surface area contributed by atoms with Gasteiger partial charge in [0.05, 0.1) is 4.88 Å². The molecule has 0 spiro atoms. The summed E-state index contributed by atoms with van der Waals surface area (Å²) >= 11 is 1.57. The fraction of sp³-hybridized carbons (Fsp3) is 0.588. The third kappa shape index (κ3) is 4.42. The molecule has 6 nitrogen and oxygen atoms in total. The molecule has 0 bridgehead atoms. The molecule has 2 unspecified atom stereocenters. The number of nitrogens with zero attached hydrogens (tertiary/aromatic N) is 2. The van der Waals surface area contributed by atoms with Gasteiger partial charge in [-0.2, -0.15) is 4.98 Å². The van der Waals surface area contributed by atoms with Crippen LogP contribution >= 0.6 is 11.3 Å². The fourth-order valence-corrected chi connectivity index (χ4v) is 3.81. The number of aliphatic hydroxyl groups is 1. The highest BCUT2D eigenvalue weighted by Gasteiger charge is 2.25. The molecular formula is C17H23N3O3S. The molecule has 2 aromatic rings. The van der Waals surface area contributed by atoms with E-state index in [0.29, 0.717) is 31.0 Å². The van der Waals surface area contributed by atoms with Crippen LogP contribution in [-0.2, 0) is 11.2 Å². The predicted octanol–water partition coefficient (Wildman–Crippen LogP) is 2.79. The van der Waals surface area contributed by atoms with Gasteiger partial charge in [0.2, 0.25) is 17.6 Å². The molecule has 1 saturated carbocycles. The Labute approximate surface area is 145 Å². The zero-order chi connectivity index (χ0) is 16.8. The summed E-state index contributed by atoms with van der Waals surface area (Å²) in [6.07, 6.45) is 5.93. The molecule has 2 heterocycles. The van der Waals surface area contributed by atoms with Crippen molar-refractivity contribution in [2.24, 2.45) is 5.92 Å². The van der Waals surface area contributed by atoms with Crippen LogP contribution in [0.5, 0.6) is 0 Å². The van der Waals surface area contributed by atoms with Gasteiger partial charge in [-0.15, -0.1) is 11.3 Å². The lowest BCUT2D eigenvalue weighted by Gasteiger charge is -2.30. The van der Waals surface area contributed by atoms with Gasteiger partial charge in [0.25, 0.3) is 0 Å². The number of thiophene rings is 1. The Balaban J connectivity index is 1.42. The Kier molecular flexibility index (Phi) is 5.98. The number of amides is 1. The van der Waals surface area contributed by atoms with Gasteiger partial charge in [-0.3, -0.25) is 4.79 Å². The van der Waals surface area contributed by atoms with E-state index in [1.165, 1.54) is 0 Å². The van der Waals surface area contributed by atoms with Crippen molar-refractivity contribution in [3.05, 3.63) is 23.4 Å². The average Bonchev–Trinajstić information content (AvgIpc) is 3.26. The van der Waals surface area contributed by atoms with E-state index in [1.807, 2.05) is 17.5 Å². The van der Waals surface area contributed by atoms with Crippen molar-refractivity contribution < 1.29 is 14.4 Å². The van der Waals surface area contributed by atoms with Gasteiger partial charge in [-0.1, -0.05) is 24.1 Å². The normalized spacial score (nSPS) is 20.9. The van der Waals surface area contributed by atoms with E-state index in [2.05, 4.69) is 15.5 Å².